The molecule has 7 rings (SSSR count). The number of aliphatic hydroxyl groups excluding tert-OH is 1. The van der Waals surface area contributed by atoms with Crippen LogP contribution >= 0.6 is 0 Å². The maximum Gasteiger partial charge on any atom is 0.268 e. The van der Waals surface area contributed by atoms with E-state index in [2.05, 4.69) is 22.3 Å². The van der Waals surface area contributed by atoms with Crippen molar-refractivity contribution in [3.63, 3.8) is 0 Å². The molecule has 2 amide bonds. The molecule has 10 heteroatoms. The van der Waals surface area contributed by atoms with Crippen LogP contribution in [0.2, 0.25) is 18.6 Å². The smallest absolute Gasteiger partial charge is 0.268 e. The lowest BCUT2D eigenvalue weighted by atomic mass is 9.82. The molecule has 4 atom stereocenters. The van der Waals surface area contributed by atoms with Gasteiger partial charge in [0.1, 0.15) is 5.54 Å². The summed E-state index contributed by atoms with van der Waals surface area (Å²) in [7, 11) is -2.84. The molecule has 2 spiro atoms. The molecule has 4 aliphatic heterocycles. The third kappa shape index (κ3) is 4.49. The number of para-hydroxylation sites is 2. The van der Waals surface area contributed by atoms with Crippen LogP contribution in [0.4, 0.5) is 22.7 Å². The van der Waals surface area contributed by atoms with E-state index in [1.807, 2.05) is 91.6 Å². The van der Waals surface area contributed by atoms with Gasteiger partial charge in [0.25, 0.3) is 11.8 Å². The number of piperidine rings is 1. The highest BCUT2D eigenvalue weighted by Gasteiger charge is 2.66. The molecule has 9 nitrogen and oxygen atoms in total. The van der Waals surface area contributed by atoms with Crippen molar-refractivity contribution in [3.8, 4) is 0 Å². The zero-order valence-corrected chi connectivity index (χ0v) is 27.1. The molecule has 4 heterocycles. The van der Waals surface area contributed by atoms with Crippen LogP contribution in [0.25, 0.3) is 0 Å². The van der Waals surface area contributed by atoms with Crippen molar-refractivity contribution < 1.29 is 24.2 Å². The topological polar surface area (TPSA) is 106 Å². The van der Waals surface area contributed by atoms with Crippen LogP contribution in [0, 0.1) is 5.92 Å². The van der Waals surface area contributed by atoms with Gasteiger partial charge in [0, 0.05) is 40.7 Å². The molecule has 3 saturated heterocycles. The fourth-order valence-electron chi connectivity index (χ4n) is 8.56. The van der Waals surface area contributed by atoms with E-state index in [-0.39, 0.29) is 29.9 Å². The summed E-state index contributed by atoms with van der Waals surface area (Å²) < 4.78 is 6.84. The number of nitrogens with one attached hydrogen (secondary N) is 1. The number of hydrogen-bond donors (Lipinski definition) is 3. The number of fused-ring (bicyclic) bond motifs is 2. The molecule has 3 N–H and O–H groups in total. The number of rotatable bonds is 6. The lowest BCUT2D eigenvalue weighted by molar-refractivity contribution is -0.145. The first-order chi connectivity index (χ1) is 21.6. The number of ether oxygens (including phenoxy) is 1. The molecule has 0 bridgehead atoms. The van der Waals surface area contributed by atoms with Gasteiger partial charge in [-0.25, -0.2) is 0 Å². The van der Waals surface area contributed by atoms with Gasteiger partial charge in [0.15, 0.2) is 13.9 Å². The van der Waals surface area contributed by atoms with Gasteiger partial charge in [0.2, 0.25) is 0 Å². The molecule has 0 aliphatic carbocycles. The van der Waals surface area contributed by atoms with Crippen molar-refractivity contribution in [3.05, 3.63) is 84.4 Å². The molecule has 0 saturated carbocycles. The summed E-state index contributed by atoms with van der Waals surface area (Å²) in [5.74, 6) is -0.501. The average Bonchev–Trinajstić information content (AvgIpc) is 3.59. The molecule has 45 heavy (non-hydrogen) atoms. The van der Waals surface area contributed by atoms with Gasteiger partial charge in [0.05, 0.1) is 18.5 Å². The second-order valence-corrected chi connectivity index (χ2v) is 17.4. The molecule has 236 valence electrons. The molecule has 3 fully saturated rings. The van der Waals surface area contributed by atoms with Gasteiger partial charge in [-0.05, 0) is 87.9 Å². The van der Waals surface area contributed by atoms with Gasteiger partial charge < -0.3 is 24.9 Å². The largest absolute Gasteiger partial charge is 0.432 e. The van der Waals surface area contributed by atoms with Crippen molar-refractivity contribution >= 4 is 42.9 Å². The normalized spacial score (nSPS) is 27.7. The molecule has 0 unspecified atom stereocenters. The summed E-state index contributed by atoms with van der Waals surface area (Å²) in [6.07, 6.45) is 1.25. The molecule has 3 aromatic rings. The summed E-state index contributed by atoms with van der Waals surface area (Å²) in [4.78, 5) is 46.6. The number of benzene rings is 3. The average molecular weight is 627 g/mol. The van der Waals surface area contributed by atoms with Crippen molar-refractivity contribution in [2.75, 3.05) is 41.1 Å². The van der Waals surface area contributed by atoms with E-state index in [0.29, 0.717) is 37.2 Å². The van der Waals surface area contributed by atoms with E-state index in [9.17, 15) is 19.5 Å². The highest BCUT2D eigenvalue weighted by molar-refractivity contribution is 6.71. The van der Waals surface area contributed by atoms with Gasteiger partial charge in [-0.2, -0.15) is 0 Å². The number of hydrogen-bond acceptors (Lipinski definition) is 7. The van der Waals surface area contributed by atoms with E-state index >= 15 is 0 Å². The summed E-state index contributed by atoms with van der Waals surface area (Å²) in [5.41, 5.74) is 1.57. The number of carbonyl (C=O) groups is 2. The van der Waals surface area contributed by atoms with Gasteiger partial charge in [-0.15, -0.1) is 0 Å². The second kappa shape index (κ2) is 11.1. The Kier molecular flexibility index (Phi) is 7.41. The fourth-order valence-corrected chi connectivity index (χ4v) is 11.2. The predicted octanol–water partition coefficient (Wildman–Crippen LogP) is 4.48. The quantitative estimate of drug-likeness (QED) is 0.347. The minimum absolute atomic E-state index is 0.0615. The highest BCUT2D eigenvalue weighted by atomic mass is 28.4. The number of aliphatic hydroxyl groups is 1. The number of nitrogens with zero attached hydrogens (tertiary/aromatic N) is 3. The van der Waals surface area contributed by atoms with E-state index in [0.717, 1.165) is 30.2 Å². The minimum Gasteiger partial charge on any atom is -0.432 e. The van der Waals surface area contributed by atoms with Crippen molar-refractivity contribution in [1.82, 2.24) is 5.32 Å². The molecule has 0 aromatic heterocycles. The van der Waals surface area contributed by atoms with Crippen LogP contribution in [-0.4, -0.2) is 68.0 Å². The molecular weight excluding hydrogens is 584 g/mol. The zero-order chi connectivity index (χ0) is 31.6. The number of carbonyl (C=O) groups excluding carboxylic acids is 2. The Morgan fingerprint density at radius 2 is 1.56 bits per heavy atom. The molecule has 4 aliphatic rings. The maximum absolute atomic E-state index is 14.8. The maximum atomic E-state index is 14.8. The fraction of sp³-hybridized carbons (Fsp3) is 0.429. The lowest BCUT2D eigenvalue weighted by Gasteiger charge is -2.39. The Balaban J connectivity index is 1.37. The van der Waals surface area contributed by atoms with E-state index in [4.69, 9.17) is 4.74 Å². The first kappa shape index (κ1) is 30.1. The van der Waals surface area contributed by atoms with Crippen LogP contribution in [-0.2, 0) is 19.9 Å². The predicted molar refractivity (Wildman–Crippen MR) is 177 cm³/mol. The van der Waals surface area contributed by atoms with E-state index in [1.54, 1.807) is 4.90 Å². The van der Waals surface area contributed by atoms with Crippen molar-refractivity contribution in [2.45, 2.75) is 62.1 Å². The SMILES string of the molecule is C[C@@H]1[C@@H]([Si](C)(C)O)[C@H](CCO)O[C@@]12C(=O)N(c1ccccc1)c1ccc(N3CN(c4ccccc4)C4(CCNCC4)C3=O)cc12. The van der Waals surface area contributed by atoms with Gasteiger partial charge in [-0.1, -0.05) is 43.3 Å². The molecular formula is C35H42N4O5Si. The summed E-state index contributed by atoms with van der Waals surface area (Å²) in [6.45, 7) is 7.57. The molecule has 3 aromatic carbocycles. The summed E-state index contributed by atoms with van der Waals surface area (Å²) >= 11 is 0. The minimum atomic E-state index is -2.84. The lowest BCUT2D eigenvalue weighted by Crippen LogP contribution is -2.55. The van der Waals surface area contributed by atoms with Crippen LogP contribution in [0.1, 0.15) is 31.7 Å². The Bertz CT molecular complexity index is 1590. The van der Waals surface area contributed by atoms with Gasteiger partial charge in [-0.3, -0.25) is 19.4 Å². The van der Waals surface area contributed by atoms with Crippen molar-refractivity contribution in [1.29, 1.82) is 0 Å². The van der Waals surface area contributed by atoms with Crippen molar-refractivity contribution in [2.24, 2.45) is 5.92 Å². The Labute approximate surface area is 265 Å². The zero-order valence-electron chi connectivity index (χ0n) is 26.1. The Morgan fingerprint density at radius 1 is 0.911 bits per heavy atom. The first-order valence-electron chi connectivity index (χ1n) is 16.0. The van der Waals surface area contributed by atoms with E-state index in [1.165, 1.54) is 0 Å². The summed E-state index contributed by atoms with van der Waals surface area (Å²) in [6, 6.07) is 25.5. The third-order valence-corrected chi connectivity index (χ3v) is 13.1. The third-order valence-electron chi connectivity index (χ3n) is 10.6. The van der Waals surface area contributed by atoms with E-state index < -0.39 is 25.6 Å². The number of amides is 2. The van der Waals surface area contributed by atoms with Crippen LogP contribution in [0.3, 0.4) is 0 Å². The number of anilines is 4. The first-order valence-corrected chi connectivity index (χ1v) is 19.1. The van der Waals surface area contributed by atoms with Crippen LogP contribution < -0.4 is 20.0 Å². The second-order valence-electron chi connectivity index (χ2n) is 13.5. The monoisotopic (exact) mass is 626 g/mol. The Hall–Kier alpha value is -3.54. The van der Waals surface area contributed by atoms with Gasteiger partial charge >= 0.3 is 0 Å². The van der Waals surface area contributed by atoms with Crippen LogP contribution in [0.15, 0.2) is 78.9 Å². The standard InChI is InChI=1S/C35H42N4O5Si/c1-24-31(45(2,3)43)30(16-21-40)44-35(24)28-22-27(14-15-29(28)39(33(35)42)26-12-8-5-9-13-26)37-23-38(25-10-6-4-7-11-25)34(32(37)41)17-19-36-20-18-34/h4-15,22,24,30-31,36,40,43H,16-21,23H2,1-3H3/t24-,30+,31-,35+/m1/s1. The van der Waals surface area contributed by atoms with Crippen LogP contribution in [0.5, 0.6) is 0 Å². The highest BCUT2D eigenvalue weighted by Crippen LogP contribution is 2.61. The summed E-state index contributed by atoms with van der Waals surface area (Å²) in [5, 5.41) is 13.4. The molecule has 0 radical (unpaired) electrons. The Morgan fingerprint density at radius 3 is 2.18 bits per heavy atom.